The first kappa shape index (κ1) is 12.8. The smallest absolute Gasteiger partial charge is 0.242 e. The molecule has 0 radical (unpaired) electrons. The summed E-state index contributed by atoms with van der Waals surface area (Å²) >= 11 is 7.34. The van der Waals surface area contributed by atoms with E-state index in [1.165, 1.54) is 15.7 Å². The maximum atomic E-state index is 12.9. The van der Waals surface area contributed by atoms with E-state index in [9.17, 15) is 8.42 Å². The third-order valence-corrected chi connectivity index (χ3v) is 6.01. The van der Waals surface area contributed by atoms with Crippen LogP contribution in [0.1, 0.15) is 0 Å². The highest BCUT2D eigenvalue weighted by molar-refractivity contribution is 7.91. The van der Waals surface area contributed by atoms with E-state index in [1.807, 2.05) is 0 Å². The van der Waals surface area contributed by atoms with Gasteiger partial charge in [0, 0.05) is 17.0 Å². The molecule has 3 aromatic heterocycles. The predicted octanol–water partition coefficient (Wildman–Crippen LogP) is 2.76. The van der Waals surface area contributed by atoms with Crippen molar-refractivity contribution in [2.75, 3.05) is 0 Å². The summed E-state index contributed by atoms with van der Waals surface area (Å²) < 4.78 is 27.3. The Hall–Kier alpha value is -1.90. The number of benzene rings is 1. The Morgan fingerprint density at radius 1 is 1.29 bits per heavy atom. The van der Waals surface area contributed by atoms with Gasteiger partial charge in [0.05, 0.1) is 5.52 Å². The van der Waals surface area contributed by atoms with E-state index in [0.29, 0.717) is 15.9 Å². The van der Waals surface area contributed by atoms with Crippen LogP contribution in [0, 0.1) is 0 Å². The molecular formula is C12H7ClN4O2S2. The van der Waals surface area contributed by atoms with Gasteiger partial charge in [-0.1, -0.05) is 23.7 Å². The van der Waals surface area contributed by atoms with Gasteiger partial charge in [-0.25, -0.2) is 13.4 Å². The van der Waals surface area contributed by atoms with Crippen LogP contribution in [0.4, 0.5) is 0 Å². The predicted molar refractivity (Wildman–Crippen MR) is 79.6 cm³/mol. The molecule has 0 aliphatic carbocycles. The maximum absolute atomic E-state index is 12.9. The third-order valence-electron chi connectivity index (χ3n) is 3.13. The number of imidazole rings is 1. The van der Waals surface area contributed by atoms with E-state index in [1.54, 1.807) is 35.8 Å². The highest BCUT2D eigenvalue weighted by Crippen LogP contribution is 2.32. The third kappa shape index (κ3) is 1.73. The van der Waals surface area contributed by atoms with Gasteiger partial charge in [0.25, 0.3) is 0 Å². The first-order chi connectivity index (χ1) is 10.1. The fourth-order valence-corrected chi connectivity index (χ4v) is 5.01. The summed E-state index contributed by atoms with van der Waals surface area (Å²) in [6.07, 6.45) is 1.63. The summed E-state index contributed by atoms with van der Waals surface area (Å²) in [5.74, 6) is 0. The average Bonchev–Trinajstić information content (AvgIpc) is 3.10. The number of hydrogen-bond donors (Lipinski definition) is 1. The van der Waals surface area contributed by atoms with Crippen LogP contribution >= 0.6 is 22.9 Å². The van der Waals surface area contributed by atoms with Crippen molar-refractivity contribution < 1.29 is 8.42 Å². The van der Waals surface area contributed by atoms with Crippen LogP contribution in [0.15, 0.2) is 45.9 Å². The summed E-state index contributed by atoms with van der Waals surface area (Å²) in [5, 5.41) is 8.82. The van der Waals surface area contributed by atoms with Crippen LogP contribution in [0.2, 0.25) is 5.15 Å². The number of thiazole rings is 1. The highest BCUT2D eigenvalue weighted by Gasteiger charge is 2.30. The van der Waals surface area contributed by atoms with Crippen LogP contribution in [-0.2, 0) is 9.84 Å². The number of rotatable bonds is 2. The first-order valence-electron chi connectivity index (χ1n) is 5.88. The Bertz CT molecular complexity index is 1080. The summed E-state index contributed by atoms with van der Waals surface area (Å²) in [5.41, 5.74) is 0.582. The molecule has 106 valence electrons. The van der Waals surface area contributed by atoms with E-state index in [-0.39, 0.29) is 15.2 Å². The number of halogens is 1. The van der Waals surface area contributed by atoms with Crippen molar-refractivity contribution >= 4 is 48.6 Å². The van der Waals surface area contributed by atoms with Gasteiger partial charge < -0.3 is 0 Å². The molecule has 0 spiro atoms. The van der Waals surface area contributed by atoms with Gasteiger partial charge in [-0.2, -0.15) is 5.10 Å². The van der Waals surface area contributed by atoms with Crippen molar-refractivity contribution in [3.05, 3.63) is 41.0 Å². The maximum Gasteiger partial charge on any atom is 0.242 e. The summed E-state index contributed by atoms with van der Waals surface area (Å²) in [7, 11) is -3.85. The molecule has 9 heteroatoms. The Morgan fingerprint density at radius 2 is 2.10 bits per heavy atom. The zero-order valence-corrected chi connectivity index (χ0v) is 12.7. The standard InChI is InChI=1S/C12H7ClN4O2S2/c13-9-11(17-5-6-20-12(17)14-9)21(18,19)10-7-3-1-2-4-8(7)15-16-10/h1-6H,(H,15,16). The van der Waals surface area contributed by atoms with Crippen molar-refractivity contribution in [3.8, 4) is 0 Å². The molecule has 0 aliphatic heterocycles. The monoisotopic (exact) mass is 338 g/mol. The molecule has 0 saturated carbocycles. The Morgan fingerprint density at radius 3 is 2.95 bits per heavy atom. The van der Waals surface area contributed by atoms with Gasteiger partial charge in [-0.05, 0) is 12.1 Å². The van der Waals surface area contributed by atoms with Gasteiger partial charge in [0.1, 0.15) is 0 Å². The minimum Gasteiger partial charge on any atom is -0.279 e. The number of aromatic amines is 1. The second kappa shape index (κ2) is 4.30. The lowest BCUT2D eigenvalue weighted by atomic mass is 10.3. The first-order valence-corrected chi connectivity index (χ1v) is 8.62. The molecular weight excluding hydrogens is 332 g/mol. The van der Waals surface area contributed by atoms with E-state index < -0.39 is 9.84 Å². The number of sulfone groups is 1. The molecule has 4 rings (SSSR count). The minimum absolute atomic E-state index is 0.0213. The number of fused-ring (bicyclic) bond motifs is 2. The van der Waals surface area contributed by atoms with Crippen LogP contribution < -0.4 is 0 Å². The molecule has 0 fully saturated rings. The molecule has 6 nitrogen and oxygen atoms in total. The van der Waals surface area contributed by atoms with E-state index in [2.05, 4.69) is 15.2 Å². The van der Waals surface area contributed by atoms with Crippen molar-refractivity contribution in [1.82, 2.24) is 19.6 Å². The second-order valence-electron chi connectivity index (χ2n) is 4.34. The molecule has 1 aromatic carbocycles. The van der Waals surface area contributed by atoms with Crippen LogP contribution in [0.3, 0.4) is 0 Å². The zero-order valence-electron chi connectivity index (χ0n) is 10.3. The highest BCUT2D eigenvalue weighted by atomic mass is 35.5. The summed E-state index contributed by atoms with van der Waals surface area (Å²) in [6, 6.07) is 6.99. The number of para-hydroxylation sites is 1. The molecule has 0 saturated heterocycles. The molecule has 0 bridgehead atoms. The van der Waals surface area contributed by atoms with Gasteiger partial charge in [-0.3, -0.25) is 9.50 Å². The lowest BCUT2D eigenvalue weighted by Crippen LogP contribution is -2.06. The number of aromatic nitrogens is 4. The lowest BCUT2D eigenvalue weighted by Gasteiger charge is -2.01. The molecule has 0 aliphatic rings. The molecule has 4 aromatic rings. The molecule has 3 heterocycles. The average molecular weight is 339 g/mol. The van der Waals surface area contributed by atoms with Gasteiger partial charge >= 0.3 is 0 Å². The Kier molecular flexibility index (Phi) is 2.62. The molecule has 0 amide bonds. The molecule has 0 unspecified atom stereocenters. The molecule has 0 atom stereocenters. The SMILES string of the molecule is O=S(=O)(c1[nH]nc2ccccc12)c1c(Cl)nc2sccn12. The Labute approximate surface area is 127 Å². The lowest BCUT2D eigenvalue weighted by molar-refractivity contribution is 0.588. The summed E-state index contributed by atoms with van der Waals surface area (Å²) in [6.45, 7) is 0. The van der Waals surface area contributed by atoms with E-state index in [4.69, 9.17) is 11.6 Å². The van der Waals surface area contributed by atoms with Crippen LogP contribution in [0.25, 0.3) is 15.9 Å². The zero-order chi connectivity index (χ0) is 14.6. The van der Waals surface area contributed by atoms with Crippen LogP contribution in [0.5, 0.6) is 0 Å². The molecule has 1 N–H and O–H groups in total. The van der Waals surface area contributed by atoms with Gasteiger partial charge in [-0.15, -0.1) is 11.3 Å². The number of nitrogens with zero attached hydrogens (tertiary/aromatic N) is 3. The van der Waals surface area contributed by atoms with Gasteiger partial charge in [0.15, 0.2) is 20.2 Å². The number of H-pyrrole nitrogens is 1. The summed E-state index contributed by atoms with van der Waals surface area (Å²) in [4.78, 5) is 4.59. The van der Waals surface area contributed by atoms with Crippen molar-refractivity contribution in [1.29, 1.82) is 0 Å². The number of nitrogens with one attached hydrogen (secondary N) is 1. The van der Waals surface area contributed by atoms with Crippen molar-refractivity contribution in [3.63, 3.8) is 0 Å². The largest absolute Gasteiger partial charge is 0.279 e. The normalized spacial score (nSPS) is 12.4. The Balaban J connectivity index is 2.07. The second-order valence-corrected chi connectivity index (χ2v) is 7.37. The van der Waals surface area contributed by atoms with Crippen molar-refractivity contribution in [2.45, 2.75) is 10.1 Å². The van der Waals surface area contributed by atoms with E-state index >= 15 is 0 Å². The van der Waals surface area contributed by atoms with E-state index in [0.717, 1.165) is 0 Å². The van der Waals surface area contributed by atoms with Gasteiger partial charge in [0.2, 0.25) is 9.84 Å². The fraction of sp³-hybridized carbons (Fsp3) is 0. The number of hydrogen-bond acceptors (Lipinski definition) is 5. The van der Waals surface area contributed by atoms with Crippen molar-refractivity contribution in [2.24, 2.45) is 0 Å². The fourth-order valence-electron chi connectivity index (χ4n) is 2.21. The van der Waals surface area contributed by atoms with Crippen LogP contribution in [-0.4, -0.2) is 28.0 Å². The topological polar surface area (TPSA) is 80.1 Å². The minimum atomic E-state index is -3.85. The molecule has 21 heavy (non-hydrogen) atoms. The quantitative estimate of drug-likeness (QED) is 0.609.